The van der Waals surface area contributed by atoms with Gasteiger partial charge in [0.15, 0.2) is 0 Å². The molecule has 0 aromatic heterocycles. The minimum atomic E-state index is -1.07. The van der Waals surface area contributed by atoms with Crippen molar-refractivity contribution in [2.24, 2.45) is 16.7 Å². The van der Waals surface area contributed by atoms with Crippen LogP contribution in [0.25, 0.3) is 0 Å². The first kappa shape index (κ1) is 17.3. The fourth-order valence-corrected chi connectivity index (χ4v) is 5.69. The lowest BCUT2D eigenvalue weighted by molar-refractivity contribution is -0.149. The van der Waals surface area contributed by atoms with Crippen molar-refractivity contribution >= 4 is 17.9 Å². The van der Waals surface area contributed by atoms with Gasteiger partial charge in [0.2, 0.25) is 0 Å². The Balaban J connectivity index is 1.86. The largest absolute Gasteiger partial charge is 0.478 e. The van der Waals surface area contributed by atoms with E-state index in [9.17, 15) is 19.5 Å². The Kier molecular flexibility index (Phi) is 3.45. The highest BCUT2D eigenvalue weighted by Gasteiger charge is 2.78. The van der Waals surface area contributed by atoms with Gasteiger partial charge in [-0.15, -0.1) is 0 Å². The summed E-state index contributed by atoms with van der Waals surface area (Å²) in [5.74, 6) is -2.00. The predicted octanol–water partition coefficient (Wildman–Crippen LogP) is 1.62. The zero-order chi connectivity index (χ0) is 18.9. The van der Waals surface area contributed by atoms with Crippen molar-refractivity contribution in [3.8, 4) is 0 Å². The van der Waals surface area contributed by atoms with Crippen LogP contribution in [0.15, 0.2) is 23.8 Å². The Hall–Kier alpha value is -2.15. The van der Waals surface area contributed by atoms with Crippen LogP contribution in [0.3, 0.4) is 0 Å². The molecular weight excluding hydrogens is 340 g/mol. The van der Waals surface area contributed by atoms with Crippen molar-refractivity contribution in [3.05, 3.63) is 23.8 Å². The summed E-state index contributed by atoms with van der Waals surface area (Å²) in [4.78, 5) is 35.8. The van der Waals surface area contributed by atoms with E-state index in [1.807, 2.05) is 13.8 Å². The number of hydrogen-bond acceptors (Lipinski definition) is 6. The van der Waals surface area contributed by atoms with E-state index in [-0.39, 0.29) is 11.9 Å². The van der Waals surface area contributed by atoms with E-state index < -0.39 is 40.6 Å². The van der Waals surface area contributed by atoms with Gasteiger partial charge in [0.1, 0.15) is 17.8 Å². The lowest BCUT2D eigenvalue weighted by Crippen LogP contribution is -2.55. The standard InChI is InChI=1S/C19H22O7/c1-17-6-4-7-18(2)14(17)13(25-16(18)23)15-19(26-15,8-5-12(22)24-3)10(17)9-11(20)21/h5,8-9,13-15H,4,6-7H2,1-3H3,(H,20,21)/t13-,14+,15?,17+,18?,19?/m0/s1. The summed E-state index contributed by atoms with van der Waals surface area (Å²) in [7, 11) is 1.27. The van der Waals surface area contributed by atoms with Gasteiger partial charge in [0.25, 0.3) is 0 Å². The fraction of sp³-hybridized carbons (Fsp3) is 0.632. The molecule has 4 aliphatic rings. The molecular formula is C19H22O7. The first-order chi connectivity index (χ1) is 12.2. The van der Waals surface area contributed by atoms with E-state index in [4.69, 9.17) is 9.47 Å². The average molecular weight is 362 g/mol. The van der Waals surface area contributed by atoms with Crippen LogP contribution in [0.4, 0.5) is 0 Å². The average Bonchev–Trinajstić information content (AvgIpc) is 3.24. The third-order valence-corrected chi connectivity index (χ3v) is 6.76. The number of esters is 2. The molecule has 2 saturated heterocycles. The van der Waals surface area contributed by atoms with Crippen LogP contribution in [-0.4, -0.2) is 47.9 Å². The van der Waals surface area contributed by atoms with E-state index in [1.54, 1.807) is 6.08 Å². The normalized spacial score (nSPS) is 47.3. The molecule has 2 heterocycles. The number of epoxide rings is 1. The molecule has 3 unspecified atom stereocenters. The first-order valence-electron chi connectivity index (χ1n) is 8.81. The van der Waals surface area contributed by atoms with Gasteiger partial charge in [-0.05, 0) is 36.8 Å². The Bertz CT molecular complexity index is 768. The number of fused-ring (bicyclic) bond motifs is 2. The highest BCUT2D eigenvalue weighted by atomic mass is 16.7. The second kappa shape index (κ2) is 5.19. The van der Waals surface area contributed by atoms with E-state index in [0.29, 0.717) is 5.57 Å². The quantitative estimate of drug-likeness (QED) is 0.462. The van der Waals surface area contributed by atoms with Crippen LogP contribution in [0.1, 0.15) is 33.1 Å². The number of carbonyl (C=O) groups is 3. The number of aliphatic carboxylic acids is 1. The van der Waals surface area contributed by atoms with Gasteiger partial charge >= 0.3 is 17.9 Å². The van der Waals surface area contributed by atoms with Crippen molar-refractivity contribution in [3.63, 3.8) is 0 Å². The highest BCUT2D eigenvalue weighted by Crippen LogP contribution is 2.71. The summed E-state index contributed by atoms with van der Waals surface area (Å²) < 4.78 is 16.3. The molecule has 6 atom stereocenters. The van der Waals surface area contributed by atoms with Crippen molar-refractivity contribution in [1.82, 2.24) is 0 Å². The third-order valence-electron chi connectivity index (χ3n) is 6.76. The molecule has 0 bridgehead atoms. The van der Waals surface area contributed by atoms with Crippen molar-refractivity contribution < 1.29 is 33.7 Å². The number of rotatable bonds is 3. The topological polar surface area (TPSA) is 102 Å². The van der Waals surface area contributed by atoms with E-state index >= 15 is 0 Å². The minimum Gasteiger partial charge on any atom is -0.478 e. The highest BCUT2D eigenvalue weighted by molar-refractivity contribution is 5.85. The second-order valence-electron chi connectivity index (χ2n) is 8.12. The molecule has 2 aliphatic heterocycles. The van der Waals surface area contributed by atoms with Gasteiger partial charge in [-0.3, -0.25) is 4.79 Å². The molecule has 0 radical (unpaired) electrons. The van der Waals surface area contributed by atoms with Crippen molar-refractivity contribution in [2.45, 2.75) is 50.9 Å². The van der Waals surface area contributed by atoms with Gasteiger partial charge in [0, 0.05) is 18.1 Å². The summed E-state index contributed by atoms with van der Waals surface area (Å²) >= 11 is 0. The number of carboxylic acids is 1. The maximum Gasteiger partial charge on any atom is 0.330 e. The smallest absolute Gasteiger partial charge is 0.330 e. The van der Waals surface area contributed by atoms with Crippen LogP contribution < -0.4 is 0 Å². The summed E-state index contributed by atoms with van der Waals surface area (Å²) in [6.07, 6.45) is 5.33. The first-order valence-corrected chi connectivity index (χ1v) is 8.81. The number of ether oxygens (including phenoxy) is 3. The molecule has 2 saturated carbocycles. The number of hydrogen-bond donors (Lipinski definition) is 1. The van der Waals surface area contributed by atoms with Crippen molar-refractivity contribution in [1.29, 1.82) is 0 Å². The summed E-state index contributed by atoms with van der Waals surface area (Å²) in [6.45, 7) is 3.90. The molecule has 4 fully saturated rings. The molecule has 0 spiro atoms. The predicted molar refractivity (Wildman–Crippen MR) is 87.9 cm³/mol. The summed E-state index contributed by atoms with van der Waals surface area (Å²) in [6, 6.07) is 0. The van der Waals surface area contributed by atoms with Crippen LogP contribution in [0.2, 0.25) is 0 Å². The third kappa shape index (κ3) is 2.00. The number of methoxy groups -OCH3 is 1. The van der Waals surface area contributed by atoms with Gasteiger partial charge < -0.3 is 19.3 Å². The van der Waals surface area contributed by atoms with Crippen LogP contribution >= 0.6 is 0 Å². The number of carbonyl (C=O) groups excluding carboxylic acids is 2. The minimum absolute atomic E-state index is 0.144. The molecule has 0 amide bonds. The fourth-order valence-electron chi connectivity index (χ4n) is 5.69. The Morgan fingerprint density at radius 3 is 2.62 bits per heavy atom. The van der Waals surface area contributed by atoms with Crippen LogP contribution in [-0.2, 0) is 28.6 Å². The molecule has 26 heavy (non-hydrogen) atoms. The lowest BCUT2D eigenvalue weighted by atomic mass is 9.48. The van der Waals surface area contributed by atoms with Crippen molar-refractivity contribution in [2.75, 3.05) is 7.11 Å². The van der Waals surface area contributed by atoms with Crippen LogP contribution in [0, 0.1) is 16.7 Å². The lowest BCUT2D eigenvalue weighted by Gasteiger charge is -2.51. The van der Waals surface area contributed by atoms with E-state index in [0.717, 1.165) is 19.3 Å². The Labute approximate surface area is 151 Å². The van der Waals surface area contributed by atoms with Gasteiger partial charge in [-0.1, -0.05) is 13.3 Å². The van der Waals surface area contributed by atoms with Crippen LogP contribution in [0.5, 0.6) is 0 Å². The van der Waals surface area contributed by atoms with E-state index in [1.165, 1.54) is 19.3 Å². The van der Waals surface area contributed by atoms with Gasteiger partial charge in [0.05, 0.1) is 12.5 Å². The van der Waals surface area contributed by atoms with Gasteiger partial charge in [-0.25, -0.2) is 9.59 Å². The Morgan fingerprint density at radius 2 is 1.96 bits per heavy atom. The molecule has 2 aliphatic carbocycles. The SMILES string of the molecule is COC(=O)C=CC12OC1[C@H]1OC(=O)C3(C)CCC[C@](C)(C2=CC(=O)O)[C@@H]13. The zero-order valence-electron chi connectivity index (χ0n) is 15.0. The molecule has 0 aromatic rings. The molecule has 0 aromatic carbocycles. The van der Waals surface area contributed by atoms with Gasteiger partial charge in [-0.2, -0.15) is 0 Å². The monoisotopic (exact) mass is 362 g/mol. The maximum atomic E-state index is 12.6. The molecule has 7 heteroatoms. The maximum absolute atomic E-state index is 12.6. The molecule has 1 N–H and O–H groups in total. The summed E-state index contributed by atoms with van der Waals surface area (Å²) in [5, 5.41) is 9.46. The molecule has 7 nitrogen and oxygen atoms in total. The second-order valence-corrected chi connectivity index (χ2v) is 8.12. The molecule has 140 valence electrons. The molecule has 4 rings (SSSR count). The zero-order valence-corrected chi connectivity index (χ0v) is 15.0. The summed E-state index contributed by atoms with van der Waals surface area (Å²) in [5.41, 5.74) is -1.63. The Morgan fingerprint density at radius 1 is 1.27 bits per heavy atom. The number of carboxylic acid groups (broad SMARTS) is 1. The van der Waals surface area contributed by atoms with E-state index in [2.05, 4.69) is 4.74 Å².